The van der Waals surface area contributed by atoms with E-state index in [9.17, 15) is 9.60 Å². The van der Waals surface area contributed by atoms with Crippen molar-refractivity contribution in [3.05, 3.63) is 35.6 Å². The van der Waals surface area contributed by atoms with E-state index in [4.69, 9.17) is 0 Å². The lowest BCUT2D eigenvalue weighted by Crippen LogP contribution is -2.30. The Kier molecular flexibility index (Phi) is 6.98. The molecular formula is C10H14BrFN2OS. The van der Waals surface area contributed by atoms with Crippen molar-refractivity contribution < 1.29 is 9.60 Å². The second-order valence-electron chi connectivity index (χ2n) is 3.12. The molecule has 0 heterocycles. The van der Waals surface area contributed by atoms with Crippen LogP contribution in [0.3, 0.4) is 0 Å². The maximum Gasteiger partial charge on any atom is 0.123 e. The highest BCUT2D eigenvalue weighted by Crippen LogP contribution is 2.13. The van der Waals surface area contributed by atoms with Gasteiger partial charge in [0.2, 0.25) is 0 Å². The first-order valence-corrected chi connectivity index (χ1v) is 6.94. The van der Waals surface area contributed by atoms with Crippen LogP contribution < -0.4 is 5.43 Å². The summed E-state index contributed by atoms with van der Waals surface area (Å²) in [7, 11) is 0. The first kappa shape index (κ1) is 13.9. The van der Waals surface area contributed by atoms with Gasteiger partial charge in [0, 0.05) is 17.6 Å². The van der Waals surface area contributed by atoms with E-state index in [-0.39, 0.29) is 5.82 Å². The first-order valence-electron chi connectivity index (χ1n) is 4.88. The molecule has 0 aliphatic heterocycles. The molecule has 1 aromatic carbocycles. The van der Waals surface area contributed by atoms with Gasteiger partial charge in [-0.05, 0) is 36.1 Å². The standard InChI is InChI=1S/C10H14BrFN2OS/c11-6-1-7-13-14(15)16-8-9-2-4-10(12)5-3-9/h2-5,13,15H,1,6-8H2. The van der Waals surface area contributed by atoms with Crippen LogP contribution in [0.15, 0.2) is 24.3 Å². The van der Waals surface area contributed by atoms with Gasteiger partial charge >= 0.3 is 0 Å². The minimum atomic E-state index is -0.245. The third-order valence-electron chi connectivity index (χ3n) is 1.82. The number of hydrazine groups is 1. The smallest absolute Gasteiger partial charge is 0.123 e. The average Bonchev–Trinajstić information content (AvgIpc) is 2.29. The monoisotopic (exact) mass is 308 g/mol. The number of benzene rings is 1. The highest BCUT2D eigenvalue weighted by molar-refractivity contribution is 9.09. The molecule has 3 nitrogen and oxygen atoms in total. The zero-order valence-electron chi connectivity index (χ0n) is 8.70. The van der Waals surface area contributed by atoms with Crippen molar-refractivity contribution in [2.45, 2.75) is 12.2 Å². The van der Waals surface area contributed by atoms with Gasteiger partial charge in [-0.25, -0.2) is 9.82 Å². The molecule has 0 unspecified atom stereocenters. The minimum Gasteiger partial charge on any atom is -0.289 e. The maximum atomic E-state index is 12.6. The second kappa shape index (κ2) is 8.03. The molecule has 2 N–H and O–H groups in total. The molecule has 0 aliphatic carbocycles. The van der Waals surface area contributed by atoms with Crippen molar-refractivity contribution >= 4 is 27.9 Å². The molecule has 0 aromatic heterocycles. The second-order valence-corrected chi connectivity index (χ2v) is 4.81. The van der Waals surface area contributed by atoms with Gasteiger partial charge in [-0.15, -0.1) is 0 Å². The molecular weight excluding hydrogens is 295 g/mol. The number of nitrogens with zero attached hydrogens (tertiary/aromatic N) is 1. The van der Waals surface area contributed by atoms with Crippen molar-refractivity contribution in [2.24, 2.45) is 0 Å². The average molecular weight is 309 g/mol. The highest BCUT2D eigenvalue weighted by Gasteiger charge is 2.01. The largest absolute Gasteiger partial charge is 0.289 e. The number of hydrogen-bond acceptors (Lipinski definition) is 4. The summed E-state index contributed by atoms with van der Waals surface area (Å²) in [5.74, 6) is 0.350. The highest BCUT2D eigenvalue weighted by atomic mass is 79.9. The van der Waals surface area contributed by atoms with E-state index in [0.717, 1.165) is 21.9 Å². The summed E-state index contributed by atoms with van der Waals surface area (Å²) >= 11 is 4.53. The Bertz CT molecular complexity index is 299. The van der Waals surface area contributed by atoms with Gasteiger partial charge in [-0.2, -0.15) is 0 Å². The van der Waals surface area contributed by atoms with Crippen LogP contribution in [-0.4, -0.2) is 21.7 Å². The lowest BCUT2D eigenvalue weighted by Gasteiger charge is -2.14. The van der Waals surface area contributed by atoms with Gasteiger partial charge in [0.15, 0.2) is 0 Å². The molecule has 0 atom stereocenters. The predicted molar refractivity (Wildman–Crippen MR) is 67.7 cm³/mol. The zero-order chi connectivity index (χ0) is 11.8. The van der Waals surface area contributed by atoms with Gasteiger partial charge in [-0.3, -0.25) is 5.21 Å². The fourth-order valence-corrected chi connectivity index (χ4v) is 1.93. The van der Waals surface area contributed by atoms with Crippen LogP contribution in [0.4, 0.5) is 4.39 Å². The lowest BCUT2D eigenvalue weighted by atomic mass is 10.2. The molecule has 1 aromatic rings. The van der Waals surface area contributed by atoms with Crippen LogP contribution in [0.1, 0.15) is 12.0 Å². The van der Waals surface area contributed by atoms with Crippen LogP contribution in [0, 0.1) is 5.82 Å². The Morgan fingerprint density at radius 3 is 2.69 bits per heavy atom. The van der Waals surface area contributed by atoms with Gasteiger partial charge in [0.05, 0.1) is 0 Å². The van der Waals surface area contributed by atoms with Crippen molar-refractivity contribution in [1.29, 1.82) is 0 Å². The third kappa shape index (κ3) is 5.81. The molecule has 0 radical (unpaired) electrons. The topological polar surface area (TPSA) is 35.5 Å². The fourth-order valence-electron chi connectivity index (χ4n) is 1.00. The lowest BCUT2D eigenvalue weighted by molar-refractivity contribution is -0.0316. The molecule has 0 saturated carbocycles. The summed E-state index contributed by atoms with van der Waals surface area (Å²) in [5.41, 5.74) is 3.78. The molecule has 0 amide bonds. The van der Waals surface area contributed by atoms with Crippen LogP contribution in [0.5, 0.6) is 0 Å². The Balaban J connectivity index is 2.20. The van der Waals surface area contributed by atoms with E-state index >= 15 is 0 Å². The van der Waals surface area contributed by atoms with Gasteiger partial charge in [0.25, 0.3) is 0 Å². The van der Waals surface area contributed by atoms with Gasteiger partial charge < -0.3 is 0 Å². The van der Waals surface area contributed by atoms with Crippen molar-refractivity contribution in [2.75, 3.05) is 11.9 Å². The molecule has 90 valence electrons. The zero-order valence-corrected chi connectivity index (χ0v) is 11.1. The van der Waals surface area contributed by atoms with E-state index in [2.05, 4.69) is 21.4 Å². The molecule has 0 fully saturated rings. The summed E-state index contributed by atoms with van der Waals surface area (Å²) in [6.07, 6.45) is 0.939. The molecule has 1 rings (SSSR count). The number of halogens is 2. The molecule has 16 heavy (non-hydrogen) atoms. The maximum absolute atomic E-state index is 12.6. The predicted octanol–water partition coefficient (Wildman–Crippen LogP) is 2.95. The first-order chi connectivity index (χ1) is 7.72. The van der Waals surface area contributed by atoms with E-state index in [0.29, 0.717) is 12.3 Å². The third-order valence-corrected chi connectivity index (χ3v) is 3.22. The van der Waals surface area contributed by atoms with Crippen LogP contribution in [0.25, 0.3) is 0 Å². The van der Waals surface area contributed by atoms with E-state index < -0.39 is 0 Å². The number of alkyl halides is 1. The summed E-state index contributed by atoms with van der Waals surface area (Å²) in [6, 6.07) is 6.23. The summed E-state index contributed by atoms with van der Waals surface area (Å²) in [5, 5.41) is 10.3. The van der Waals surface area contributed by atoms with Crippen molar-refractivity contribution in [3.8, 4) is 0 Å². The van der Waals surface area contributed by atoms with Crippen LogP contribution in [-0.2, 0) is 5.75 Å². The van der Waals surface area contributed by atoms with Gasteiger partial charge in [-0.1, -0.05) is 32.6 Å². The van der Waals surface area contributed by atoms with Crippen LogP contribution in [0.2, 0.25) is 0 Å². The number of nitrogens with one attached hydrogen (secondary N) is 1. The Labute approximate surface area is 107 Å². The van der Waals surface area contributed by atoms with E-state index in [1.165, 1.54) is 24.1 Å². The normalized spacial score (nSPS) is 11.0. The number of rotatable bonds is 7. The molecule has 0 spiro atoms. The SMILES string of the molecule is ON(NCCCBr)SCc1ccc(F)cc1. The summed E-state index contributed by atoms with van der Waals surface area (Å²) < 4.78 is 13.6. The Morgan fingerprint density at radius 2 is 2.06 bits per heavy atom. The fraction of sp³-hybridized carbons (Fsp3) is 0.400. The molecule has 0 saturated heterocycles. The number of hydrogen-bond donors (Lipinski definition) is 2. The quantitative estimate of drug-likeness (QED) is 0.351. The minimum absolute atomic E-state index is 0.245. The van der Waals surface area contributed by atoms with Crippen molar-refractivity contribution in [3.63, 3.8) is 0 Å². The Hall–Kier alpha value is -0.140. The summed E-state index contributed by atoms with van der Waals surface area (Å²) in [4.78, 5) is 0. The van der Waals surface area contributed by atoms with E-state index in [1.807, 2.05) is 0 Å². The molecule has 0 aliphatic rings. The molecule has 6 heteroatoms. The van der Waals surface area contributed by atoms with E-state index in [1.54, 1.807) is 12.1 Å². The van der Waals surface area contributed by atoms with Crippen molar-refractivity contribution in [1.82, 2.24) is 10.0 Å². The van der Waals surface area contributed by atoms with Crippen LogP contribution >= 0.6 is 27.9 Å². The van der Waals surface area contributed by atoms with Gasteiger partial charge in [0.1, 0.15) is 5.82 Å². The molecule has 0 bridgehead atoms. The Morgan fingerprint density at radius 1 is 1.38 bits per heavy atom. The summed E-state index contributed by atoms with van der Waals surface area (Å²) in [6.45, 7) is 0.707.